The third-order valence-corrected chi connectivity index (χ3v) is 2.71. The number of morpholine rings is 1. The lowest BCUT2D eigenvalue weighted by Crippen LogP contribution is -2.48. The van der Waals surface area contributed by atoms with Crippen molar-refractivity contribution in [2.45, 2.75) is 13.0 Å². The lowest BCUT2D eigenvalue weighted by molar-refractivity contribution is -0.130. The molecule has 2 N–H and O–H groups in total. The van der Waals surface area contributed by atoms with E-state index in [4.69, 9.17) is 15.2 Å². The number of nitrogens with two attached hydrogens (primary N) is 1. The molecule has 1 amide bonds. The van der Waals surface area contributed by atoms with Crippen molar-refractivity contribution in [3.63, 3.8) is 0 Å². The second kappa shape index (κ2) is 5.18. The molecule has 0 saturated carbocycles. The molecule has 0 bridgehead atoms. The van der Waals surface area contributed by atoms with Crippen LogP contribution in [0.15, 0.2) is 6.07 Å². The highest BCUT2D eigenvalue weighted by Gasteiger charge is 2.26. The van der Waals surface area contributed by atoms with Crippen molar-refractivity contribution < 1.29 is 14.3 Å². The van der Waals surface area contributed by atoms with E-state index < -0.39 is 12.0 Å². The molecule has 1 aliphatic heterocycles. The molecule has 7 nitrogen and oxygen atoms in total. The van der Waals surface area contributed by atoms with Crippen LogP contribution < -0.4 is 15.4 Å². The Morgan fingerprint density at radius 1 is 1.61 bits per heavy atom. The SMILES string of the molecule is COc1nc(C)cc(N2CCO[C@@H](C(N)=O)C2)n1. The Balaban J connectivity index is 2.20. The predicted octanol–water partition coefficient (Wildman–Crippen LogP) is -0.516. The summed E-state index contributed by atoms with van der Waals surface area (Å²) in [6, 6.07) is 2.15. The van der Waals surface area contributed by atoms with Gasteiger partial charge < -0.3 is 20.1 Å². The quantitative estimate of drug-likeness (QED) is 0.778. The number of ether oxygens (including phenoxy) is 2. The Hall–Kier alpha value is -1.89. The number of primary amides is 1. The molecule has 2 heterocycles. The molecular formula is C11H16N4O3. The average Bonchev–Trinajstić information content (AvgIpc) is 2.38. The minimum Gasteiger partial charge on any atom is -0.467 e. The van der Waals surface area contributed by atoms with E-state index in [9.17, 15) is 4.79 Å². The highest BCUT2D eigenvalue weighted by Crippen LogP contribution is 2.18. The first-order chi connectivity index (χ1) is 8.60. The molecule has 0 unspecified atom stereocenters. The summed E-state index contributed by atoms with van der Waals surface area (Å²) in [5.41, 5.74) is 6.05. The lowest BCUT2D eigenvalue weighted by Gasteiger charge is -2.32. The number of rotatable bonds is 3. The molecule has 1 aromatic heterocycles. The highest BCUT2D eigenvalue weighted by molar-refractivity contribution is 5.79. The van der Waals surface area contributed by atoms with Crippen LogP contribution in [0.3, 0.4) is 0 Å². The number of anilines is 1. The van der Waals surface area contributed by atoms with Gasteiger partial charge in [-0.3, -0.25) is 4.79 Å². The molecule has 2 rings (SSSR count). The van der Waals surface area contributed by atoms with Gasteiger partial charge in [-0.2, -0.15) is 4.98 Å². The molecule has 0 spiro atoms. The van der Waals surface area contributed by atoms with Crippen molar-refractivity contribution in [2.75, 3.05) is 31.7 Å². The molecule has 0 radical (unpaired) electrons. The number of aryl methyl sites for hydroxylation is 1. The molecule has 1 saturated heterocycles. The van der Waals surface area contributed by atoms with Crippen LogP contribution in [0.2, 0.25) is 0 Å². The average molecular weight is 252 g/mol. The van der Waals surface area contributed by atoms with Gasteiger partial charge in [-0.15, -0.1) is 0 Å². The van der Waals surface area contributed by atoms with E-state index in [2.05, 4.69) is 9.97 Å². The fraction of sp³-hybridized carbons (Fsp3) is 0.545. The molecule has 18 heavy (non-hydrogen) atoms. The van der Waals surface area contributed by atoms with Crippen molar-refractivity contribution in [1.82, 2.24) is 9.97 Å². The van der Waals surface area contributed by atoms with Crippen molar-refractivity contribution >= 4 is 11.7 Å². The van der Waals surface area contributed by atoms with E-state index in [1.807, 2.05) is 17.9 Å². The van der Waals surface area contributed by atoms with Gasteiger partial charge in [-0.25, -0.2) is 4.98 Å². The van der Waals surface area contributed by atoms with Crippen LogP contribution in [-0.2, 0) is 9.53 Å². The van der Waals surface area contributed by atoms with E-state index in [1.54, 1.807) is 0 Å². The topological polar surface area (TPSA) is 90.6 Å². The van der Waals surface area contributed by atoms with Gasteiger partial charge in [0.05, 0.1) is 20.3 Å². The first kappa shape index (κ1) is 12.6. The summed E-state index contributed by atoms with van der Waals surface area (Å²) >= 11 is 0. The first-order valence-corrected chi connectivity index (χ1v) is 5.65. The second-order valence-corrected chi connectivity index (χ2v) is 4.06. The third kappa shape index (κ3) is 2.67. The minimum atomic E-state index is -0.597. The summed E-state index contributed by atoms with van der Waals surface area (Å²) < 4.78 is 10.3. The third-order valence-electron chi connectivity index (χ3n) is 2.71. The highest BCUT2D eigenvalue weighted by atomic mass is 16.5. The molecule has 1 fully saturated rings. The van der Waals surface area contributed by atoms with Gasteiger partial charge in [0.15, 0.2) is 6.10 Å². The number of carbonyl (C=O) groups is 1. The summed E-state index contributed by atoms with van der Waals surface area (Å²) in [4.78, 5) is 21.4. The monoisotopic (exact) mass is 252 g/mol. The molecule has 98 valence electrons. The summed E-state index contributed by atoms with van der Waals surface area (Å²) in [7, 11) is 1.52. The Morgan fingerprint density at radius 2 is 2.39 bits per heavy atom. The molecule has 1 aliphatic rings. The fourth-order valence-electron chi connectivity index (χ4n) is 1.81. The van der Waals surface area contributed by atoms with Crippen molar-refractivity contribution in [2.24, 2.45) is 5.73 Å². The standard InChI is InChI=1S/C11H16N4O3/c1-7-5-9(14-11(13-7)17-2)15-3-4-18-8(6-15)10(12)16/h5,8H,3-4,6H2,1-2H3,(H2,12,16)/t8-/m1/s1. The second-order valence-electron chi connectivity index (χ2n) is 4.06. The first-order valence-electron chi connectivity index (χ1n) is 5.65. The van der Waals surface area contributed by atoms with Crippen molar-refractivity contribution in [3.8, 4) is 6.01 Å². The number of methoxy groups -OCH3 is 1. The lowest BCUT2D eigenvalue weighted by atomic mass is 10.2. The normalized spacial score (nSPS) is 19.7. The van der Waals surface area contributed by atoms with Gasteiger partial charge in [0, 0.05) is 18.3 Å². The van der Waals surface area contributed by atoms with Crippen LogP contribution in [0.4, 0.5) is 5.82 Å². The smallest absolute Gasteiger partial charge is 0.318 e. The number of carbonyl (C=O) groups excluding carboxylic acids is 1. The number of amides is 1. The molecule has 0 aromatic carbocycles. The number of aromatic nitrogens is 2. The summed E-state index contributed by atoms with van der Waals surface area (Å²) in [6.07, 6.45) is -0.597. The molecule has 1 atom stereocenters. The van der Waals surface area contributed by atoms with Gasteiger partial charge in [-0.1, -0.05) is 0 Å². The van der Waals surface area contributed by atoms with Crippen LogP contribution in [0.1, 0.15) is 5.69 Å². The maximum absolute atomic E-state index is 11.1. The Labute approximate surface area is 105 Å². The summed E-state index contributed by atoms with van der Waals surface area (Å²) in [5, 5.41) is 0. The Bertz CT molecular complexity index is 452. The zero-order valence-electron chi connectivity index (χ0n) is 10.4. The van der Waals surface area contributed by atoms with Crippen LogP contribution in [-0.4, -0.2) is 48.8 Å². The van der Waals surface area contributed by atoms with E-state index >= 15 is 0 Å². The van der Waals surface area contributed by atoms with Crippen LogP contribution in [0, 0.1) is 6.92 Å². The van der Waals surface area contributed by atoms with E-state index in [0.29, 0.717) is 31.5 Å². The van der Waals surface area contributed by atoms with Gasteiger partial charge in [0.25, 0.3) is 0 Å². The van der Waals surface area contributed by atoms with E-state index in [-0.39, 0.29) is 0 Å². The maximum Gasteiger partial charge on any atom is 0.318 e. The Kier molecular flexibility index (Phi) is 3.61. The van der Waals surface area contributed by atoms with Crippen molar-refractivity contribution in [1.29, 1.82) is 0 Å². The van der Waals surface area contributed by atoms with Gasteiger partial charge in [0.2, 0.25) is 5.91 Å². The van der Waals surface area contributed by atoms with E-state index in [0.717, 1.165) is 5.69 Å². The molecule has 1 aromatic rings. The number of nitrogens with zero attached hydrogens (tertiary/aromatic N) is 3. The zero-order valence-corrected chi connectivity index (χ0v) is 10.4. The van der Waals surface area contributed by atoms with Gasteiger partial charge in [0.1, 0.15) is 5.82 Å². The predicted molar refractivity (Wildman–Crippen MR) is 64.5 cm³/mol. The molecule has 7 heteroatoms. The van der Waals surface area contributed by atoms with Crippen molar-refractivity contribution in [3.05, 3.63) is 11.8 Å². The van der Waals surface area contributed by atoms with Gasteiger partial charge in [-0.05, 0) is 6.92 Å². The Morgan fingerprint density at radius 3 is 3.06 bits per heavy atom. The summed E-state index contributed by atoms with van der Waals surface area (Å²) in [6.45, 7) is 3.36. The molecular weight excluding hydrogens is 236 g/mol. The number of hydrogen-bond acceptors (Lipinski definition) is 6. The van der Waals surface area contributed by atoms with E-state index in [1.165, 1.54) is 7.11 Å². The van der Waals surface area contributed by atoms with Crippen LogP contribution in [0.5, 0.6) is 6.01 Å². The van der Waals surface area contributed by atoms with Crippen LogP contribution in [0.25, 0.3) is 0 Å². The zero-order chi connectivity index (χ0) is 13.1. The fourth-order valence-corrected chi connectivity index (χ4v) is 1.81. The number of hydrogen-bond donors (Lipinski definition) is 1. The largest absolute Gasteiger partial charge is 0.467 e. The summed E-state index contributed by atoms with van der Waals surface area (Å²) in [5.74, 6) is 0.256. The maximum atomic E-state index is 11.1. The minimum absolute atomic E-state index is 0.312. The molecule has 0 aliphatic carbocycles. The van der Waals surface area contributed by atoms with Gasteiger partial charge >= 0.3 is 6.01 Å². The van der Waals surface area contributed by atoms with Crippen LogP contribution >= 0.6 is 0 Å².